The molecule has 28 heavy (non-hydrogen) atoms. The summed E-state index contributed by atoms with van der Waals surface area (Å²) in [5.41, 5.74) is 1.81. The summed E-state index contributed by atoms with van der Waals surface area (Å²) in [6.45, 7) is 1.72. The van der Waals surface area contributed by atoms with E-state index in [0.29, 0.717) is 36.5 Å². The van der Waals surface area contributed by atoms with Crippen molar-refractivity contribution in [3.05, 3.63) is 53.6 Å². The van der Waals surface area contributed by atoms with Gasteiger partial charge in [0.2, 0.25) is 0 Å². The number of aromatic nitrogens is 3. The molecule has 2 aliphatic rings. The third-order valence-corrected chi connectivity index (χ3v) is 5.34. The van der Waals surface area contributed by atoms with Crippen LogP contribution in [-0.4, -0.2) is 40.2 Å². The molecule has 1 amide bonds. The van der Waals surface area contributed by atoms with E-state index >= 15 is 0 Å². The van der Waals surface area contributed by atoms with Crippen molar-refractivity contribution in [2.24, 2.45) is 0 Å². The maximum Gasteiger partial charge on any atom is 0.256 e. The smallest absolute Gasteiger partial charge is 0.256 e. The van der Waals surface area contributed by atoms with Gasteiger partial charge in [-0.25, -0.2) is 13.9 Å². The van der Waals surface area contributed by atoms with Gasteiger partial charge in [-0.1, -0.05) is 0 Å². The Morgan fingerprint density at radius 1 is 1.25 bits per heavy atom. The van der Waals surface area contributed by atoms with E-state index in [4.69, 9.17) is 9.72 Å². The zero-order valence-electron chi connectivity index (χ0n) is 15.3. The van der Waals surface area contributed by atoms with Crippen LogP contribution >= 0.6 is 0 Å². The van der Waals surface area contributed by atoms with Crippen molar-refractivity contribution in [2.45, 2.75) is 25.3 Å². The molecular formula is C20H20FN5O2. The first-order valence-electron chi connectivity index (χ1n) is 9.52. The predicted octanol–water partition coefficient (Wildman–Crippen LogP) is 2.72. The average molecular weight is 381 g/mol. The SMILES string of the molecule is O=C1NCCCOc2ccc(F)cc2C2CCCN2c2ccn3ncc1c3n2. The molecule has 1 saturated heterocycles. The highest BCUT2D eigenvalue weighted by Crippen LogP contribution is 2.40. The van der Waals surface area contributed by atoms with E-state index in [2.05, 4.69) is 15.3 Å². The zero-order chi connectivity index (χ0) is 19.1. The minimum absolute atomic E-state index is 0.0243. The summed E-state index contributed by atoms with van der Waals surface area (Å²) in [6, 6.07) is 6.53. The summed E-state index contributed by atoms with van der Waals surface area (Å²) < 4.78 is 21.6. The number of ether oxygens (including phenoxy) is 1. The van der Waals surface area contributed by atoms with E-state index in [9.17, 15) is 9.18 Å². The largest absolute Gasteiger partial charge is 0.493 e. The minimum atomic E-state index is -0.274. The van der Waals surface area contributed by atoms with Gasteiger partial charge in [0.25, 0.3) is 5.91 Å². The number of nitrogens with one attached hydrogen (secondary N) is 1. The monoisotopic (exact) mass is 381 g/mol. The molecule has 4 heterocycles. The van der Waals surface area contributed by atoms with Crippen molar-refractivity contribution in [1.82, 2.24) is 19.9 Å². The Balaban J connectivity index is 1.65. The van der Waals surface area contributed by atoms with Crippen molar-refractivity contribution in [3.63, 3.8) is 0 Å². The number of hydrogen-bond acceptors (Lipinski definition) is 5. The first kappa shape index (κ1) is 17.0. The molecule has 0 spiro atoms. The quantitative estimate of drug-likeness (QED) is 0.648. The zero-order valence-corrected chi connectivity index (χ0v) is 15.3. The van der Waals surface area contributed by atoms with Gasteiger partial charge in [-0.2, -0.15) is 5.10 Å². The van der Waals surface area contributed by atoms with E-state index in [0.717, 1.165) is 30.8 Å². The van der Waals surface area contributed by atoms with Gasteiger partial charge in [-0.05, 0) is 43.5 Å². The molecule has 2 aliphatic heterocycles. The molecule has 2 bridgehead atoms. The lowest BCUT2D eigenvalue weighted by Gasteiger charge is -2.28. The number of amides is 1. The summed E-state index contributed by atoms with van der Waals surface area (Å²) in [6.07, 6.45) is 5.85. The van der Waals surface area contributed by atoms with Crippen LogP contribution in [0.2, 0.25) is 0 Å². The van der Waals surface area contributed by atoms with Crippen molar-refractivity contribution in [1.29, 1.82) is 0 Å². The van der Waals surface area contributed by atoms with Crippen LogP contribution in [0.1, 0.15) is 41.2 Å². The number of hydrogen-bond donors (Lipinski definition) is 1. The standard InChI is InChI=1S/C20H20FN5O2/c21-13-4-5-17-14(11-13)16-3-1-8-25(16)18-6-9-26-19(24-18)15(12-23-26)20(27)22-7-2-10-28-17/h4-6,9,11-12,16H,1-3,7-8,10H2,(H,22,27). The van der Waals surface area contributed by atoms with E-state index in [1.54, 1.807) is 22.8 Å². The molecule has 2 aromatic heterocycles. The molecule has 3 aromatic rings. The van der Waals surface area contributed by atoms with Gasteiger partial charge < -0.3 is 15.0 Å². The predicted molar refractivity (Wildman–Crippen MR) is 101 cm³/mol. The van der Waals surface area contributed by atoms with Crippen LogP contribution in [0.4, 0.5) is 10.2 Å². The molecule has 144 valence electrons. The highest BCUT2D eigenvalue weighted by atomic mass is 19.1. The number of benzene rings is 1. The fourth-order valence-corrected chi connectivity index (χ4v) is 4.01. The Hall–Kier alpha value is -3.16. The van der Waals surface area contributed by atoms with Gasteiger partial charge in [0.15, 0.2) is 5.65 Å². The summed E-state index contributed by atoms with van der Waals surface area (Å²) in [5.74, 6) is 0.964. The summed E-state index contributed by atoms with van der Waals surface area (Å²) >= 11 is 0. The number of fused-ring (bicyclic) bond motifs is 5. The molecule has 8 heteroatoms. The van der Waals surface area contributed by atoms with Gasteiger partial charge in [0, 0.05) is 24.8 Å². The molecule has 1 atom stereocenters. The number of rotatable bonds is 0. The van der Waals surface area contributed by atoms with Gasteiger partial charge in [0.1, 0.15) is 22.9 Å². The maximum atomic E-state index is 14.0. The number of anilines is 1. The van der Waals surface area contributed by atoms with Crippen LogP contribution in [0, 0.1) is 5.82 Å². The van der Waals surface area contributed by atoms with E-state index < -0.39 is 0 Å². The van der Waals surface area contributed by atoms with Gasteiger partial charge in [-0.3, -0.25) is 4.79 Å². The molecule has 0 aliphatic carbocycles. The Labute approximate surface area is 161 Å². The number of nitrogens with zero attached hydrogens (tertiary/aromatic N) is 4. The normalized spacial score (nSPS) is 19.7. The second-order valence-corrected chi connectivity index (χ2v) is 7.10. The molecule has 1 N–H and O–H groups in total. The molecule has 1 aromatic carbocycles. The summed E-state index contributed by atoms with van der Waals surface area (Å²) in [4.78, 5) is 19.4. The highest BCUT2D eigenvalue weighted by molar-refractivity contribution is 5.99. The fraction of sp³-hybridized carbons (Fsp3) is 0.350. The van der Waals surface area contributed by atoms with Crippen molar-refractivity contribution in [2.75, 3.05) is 24.6 Å². The number of halogens is 1. The number of carbonyl (C=O) groups is 1. The van der Waals surface area contributed by atoms with E-state index in [1.807, 2.05) is 6.07 Å². The molecule has 1 unspecified atom stereocenters. The lowest BCUT2D eigenvalue weighted by atomic mass is 10.0. The van der Waals surface area contributed by atoms with Crippen molar-refractivity contribution >= 4 is 17.4 Å². The lowest BCUT2D eigenvalue weighted by molar-refractivity contribution is 0.0953. The Morgan fingerprint density at radius 2 is 2.18 bits per heavy atom. The molecule has 0 radical (unpaired) electrons. The van der Waals surface area contributed by atoms with Gasteiger partial charge >= 0.3 is 0 Å². The van der Waals surface area contributed by atoms with Gasteiger partial charge in [-0.15, -0.1) is 0 Å². The molecular weight excluding hydrogens is 361 g/mol. The Bertz CT molecular complexity index is 1050. The third kappa shape index (κ3) is 2.85. The summed E-state index contributed by atoms with van der Waals surface area (Å²) in [5, 5.41) is 7.12. The Kier molecular flexibility index (Phi) is 4.11. The lowest BCUT2D eigenvalue weighted by Crippen LogP contribution is -2.27. The molecule has 0 saturated carbocycles. The highest BCUT2D eigenvalue weighted by Gasteiger charge is 2.30. The number of carbonyl (C=O) groups excluding carboxylic acids is 1. The molecule has 5 rings (SSSR count). The fourth-order valence-electron chi connectivity index (χ4n) is 4.01. The van der Waals surface area contributed by atoms with Crippen LogP contribution in [0.25, 0.3) is 5.65 Å². The van der Waals surface area contributed by atoms with Gasteiger partial charge in [0.05, 0.1) is 18.8 Å². The van der Waals surface area contributed by atoms with Crippen molar-refractivity contribution < 1.29 is 13.9 Å². The topological polar surface area (TPSA) is 71.8 Å². The van der Waals surface area contributed by atoms with E-state index in [-0.39, 0.29) is 17.8 Å². The molecule has 7 nitrogen and oxygen atoms in total. The molecule has 1 fully saturated rings. The van der Waals surface area contributed by atoms with Crippen LogP contribution in [-0.2, 0) is 0 Å². The second-order valence-electron chi connectivity index (χ2n) is 7.10. The van der Waals surface area contributed by atoms with Crippen LogP contribution in [0.5, 0.6) is 5.75 Å². The average Bonchev–Trinajstić information content (AvgIpc) is 3.34. The maximum absolute atomic E-state index is 14.0. The van der Waals surface area contributed by atoms with Crippen molar-refractivity contribution in [3.8, 4) is 5.75 Å². The summed E-state index contributed by atoms with van der Waals surface area (Å²) in [7, 11) is 0. The van der Waals surface area contributed by atoms with E-state index in [1.165, 1.54) is 12.3 Å². The van der Waals surface area contributed by atoms with Crippen LogP contribution in [0.15, 0.2) is 36.7 Å². The first-order valence-corrected chi connectivity index (χ1v) is 9.52. The third-order valence-electron chi connectivity index (χ3n) is 5.34. The Morgan fingerprint density at radius 3 is 3.11 bits per heavy atom. The van der Waals surface area contributed by atoms with Crippen LogP contribution < -0.4 is 15.0 Å². The minimum Gasteiger partial charge on any atom is -0.493 e. The second kappa shape index (κ2) is 6.78. The first-order chi connectivity index (χ1) is 13.7. The van der Waals surface area contributed by atoms with Crippen LogP contribution in [0.3, 0.4) is 0 Å².